The minimum absolute atomic E-state index is 0.0472. The molecule has 1 aliphatic rings. The van der Waals surface area contributed by atoms with E-state index in [9.17, 15) is 4.79 Å². The number of fused-ring (bicyclic) bond motifs is 1. The summed E-state index contributed by atoms with van der Waals surface area (Å²) in [6.45, 7) is 4.40. The van der Waals surface area contributed by atoms with Gasteiger partial charge in [0.2, 0.25) is 0 Å². The predicted octanol–water partition coefficient (Wildman–Crippen LogP) is 2.88. The number of amides is 1. The molecule has 1 amide bonds. The van der Waals surface area contributed by atoms with Crippen LogP contribution < -0.4 is 5.32 Å². The van der Waals surface area contributed by atoms with Gasteiger partial charge in [-0.1, -0.05) is 6.07 Å². The van der Waals surface area contributed by atoms with E-state index in [1.165, 1.54) is 0 Å². The molecule has 136 valence electrons. The highest BCUT2D eigenvalue weighted by Gasteiger charge is 2.29. The molecule has 3 aromatic heterocycles. The number of aromatic nitrogens is 3. The van der Waals surface area contributed by atoms with E-state index in [1.807, 2.05) is 46.0 Å². The van der Waals surface area contributed by atoms with Crippen LogP contribution >= 0.6 is 11.3 Å². The van der Waals surface area contributed by atoms with Crippen molar-refractivity contribution < 1.29 is 4.79 Å². The van der Waals surface area contributed by atoms with Gasteiger partial charge in [-0.15, -0.1) is 11.3 Å². The Labute approximate surface area is 156 Å². The number of hydrogen-bond donors (Lipinski definition) is 1. The summed E-state index contributed by atoms with van der Waals surface area (Å²) in [6.07, 6.45) is 6.77. The maximum Gasteiger partial charge on any atom is 0.273 e. The fourth-order valence-corrected chi connectivity index (χ4v) is 4.39. The Morgan fingerprint density at radius 2 is 2.31 bits per heavy atom. The van der Waals surface area contributed by atoms with E-state index in [4.69, 9.17) is 0 Å². The van der Waals surface area contributed by atoms with Gasteiger partial charge in [0.05, 0.1) is 17.9 Å². The van der Waals surface area contributed by atoms with E-state index in [0.717, 1.165) is 48.7 Å². The molecule has 0 aliphatic carbocycles. The summed E-state index contributed by atoms with van der Waals surface area (Å²) >= 11 is 1.55. The van der Waals surface area contributed by atoms with Gasteiger partial charge in [0.15, 0.2) is 4.96 Å². The summed E-state index contributed by atoms with van der Waals surface area (Å²) in [5, 5.41) is 5.41. The second-order valence-corrected chi connectivity index (χ2v) is 7.56. The highest BCUT2D eigenvalue weighted by molar-refractivity contribution is 7.15. The number of thiazole rings is 1. The first-order chi connectivity index (χ1) is 12.7. The average molecular weight is 369 g/mol. The summed E-state index contributed by atoms with van der Waals surface area (Å²) in [5.41, 5.74) is 2.38. The van der Waals surface area contributed by atoms with Crippen LogP contribution in [0.3, 0.4) is 0 Å². The van der Waals surface area contributed by atoms with E-state index >= 15 is 0 Å². The van der Waals surface area contributed by atoms with Gasteiger partial charge in [0.25, 0.3) is 5.91 Å². The molecule has 4 rings (SSSR count). The average Bonchev–Trinajstić information content (AvgIpc) is 3.09. The number of hydrogen-bond acceptors (Lipinski definition) is 5. The van der Waals surface area contributed by atoms with Crippen molar-refractivity contribution >= 4 is 22.2 Å². The zero-order valence-electron chi connectivity index (χ0n) is 14.9. The number of carbonyl (C=O) groups excluding carboxylic acids is 1. The van der Waals surface area contributed by atoms with E-state index in [0.29, 0.717) is 12.2 Å². The Balaban J connectivity index is 1.70. The SMILES string of the molecule is Cc1nc2sccn2c1C(=O)N(Cc1ccccn1)C1CCCNCC1. The summed E-state index contributed by atoms with van der Waals surface area (Å²) in [4.78, 5) is 25.4. The number of pyridine rings is 1. The van der Waals surface area contributed by atoms with Crippen molar-refractivity contribution in [3.05, 3.63) is 53.1 Å². The quantitative estimate of drug-likeness (QED) is 0.768. The largest absolute Gasteiger partial charge is 0.328 e. The van der Waals surface area contributed by atoms with Crippen LogP contribution in [0.2, 0.25) is 0 Å². The highest BCUT2D eigenvalue weighted by Crippen LogP contribution is 2.23. The van der Waals surface area contributed by atoms with Crippen LogP contribution in [0.15, 0.2) is 36.0 Å². The summed E-state index contributed by atoms with van der Waals surface area (Å²) in [6, 6.07) is 6.07. The lowest BCUT2D eigenvalue weighted by atomic mass is 10.1. The van der Waals surface area contributed by atoms with E-state index in [-0.39, 0.29) is 11.9 Å². The molecule has 1 atom stereocenters. The molecular weight excluding hydrogens is 346 g/mol. The van der Waals surface area contributed by atoms with Crippen molar-refractivity contribution in [2.24, 2.45) is 0 Å². The molecule has 0 spiro atoms. The lowest BCUT2D eigenvalue weighted by molar-refractivity contribution is 0.0634. The first-order valence-electron chi connectivity index (χ1n) is 9.08. The molecule has 0 radical (unpaired) electrons. The van der Waals surface area contributed by atoms with Gasteiger partial charge in [-0.2, -0.15) is 0 Å². The van der Waals surface area contributed by atoms with Gasteiger partial charge in [0.1, 0.15) is 5.69 Å². The molecule has 1 saturated heterocycles. The molecule has 7 heteroatoms. The van der Waals surface area contributed by atoms with Crippen molar-refractivity contribution in [1.82, 2.24) is 24.6 Å². The molecular formula is C19H23N5OS. The molecule has 6 nitrogen and oxygen atoms in total. The Morgan fingerprint density at radius 1 is 1.38 bits per heavy atom. The fraction of sp³-hybridized carbons (Fsp3) is 0.421. The molecule has 1 fully saturated rings. The van der Waals surface area contributed by atoms with Crippen LogP contribution in [0.1, 0.15) is 41.1 Å². The standard InChI is InChI=1S/C19H23N5OS/c1-14-17(23-11-12-26-19(23)22-14)18(25)24(13-15-5-2-3-9-21-15)16-6-4-8-20-10-7-16/h2-3,5,9,11-12,16,20H,4,6-8,10,13H2,1H3. The topological polar surface area (TPSA) is 62.5 Å². The molecule has 4 heterocycles. The van der Waals surface area contributed by atoms with Crippen molar-refractivity contribution in [1.29, 1.82) is 0 Å². The molecule has 1 N–H and O–H groups in total. The van der Waals surface area contributed by atoms with E-state index < -0.39 is 0 Å². The summed E-state index contributed by atoms with van der Waals surface area (Å²) in [7, 11) is 0. The number of aryl methyl sites for hydroxylation is 1. The highest BCUT2D eigenvalue weighted by atomic mass is 32.1. The lowest BCUT2D eigenvalue weighted by Gasteiger charge is -2.31. The smallest absolute Gasteiger partial charge is 0.273 e. The van der Waals surface area contributed by atoms with Gasteiger partial charge >= 0.3 is 0 Å². The third kappa shape index (κ3) is 3.37. The monoisotopic (exact) mass is 369 g/mol. The first-order valence-corrected chi connectivity index (χ1v) is 9.96. The van der Waals surface area contributed by atoms with Crippen molar-refractivity contribution in [3.8, 4) is 0 Å². The zero-order chi connectivity index (χ0) is 17.9. The lowest BCUT2D eigenvalue weighted by Crippen LogP contribution is -2.41. The van der Waals surface area contributed by atoms with Crippen LogP contribution in [0.25, 0.3) is 4.96 Å². The number of nitrogens with zero attached hydrogens (tertiary/aromatic N) is 4. The Kier molecular flexibility index (Phi) is 4.99. The molecule has 1 unspecified atom stereocenters. The van der Waals surface area contributed by atoms with E-state index in [1.54, 1.807) is 17.5 Å². The third-order valence-electron chi connectivity index (χ3n) is 4.94. The summed E-state index contributed by atoms with van der Waals surface area (Å²) in [5.74, 6) is 0.0472. The Hall–Kier alpha value is -2.25. The number of rotatable bonds is 4. The maximum absolute atomic E-state index is 13.6. The first kappa shape index (κ1) is 17.2. The van der Waals surface area contributed by atoms with Gasteiger partial charge in [-0.25, -0.2) is 4.98 Å². The van der Waals surface area contributed by atoms with Gasteiger partial charge < -0.3 is 10.2 Å². The van der Waals surface area contributed by atoms with Crippen LogP contribution in [0.5, 0.6) is 0 Å². The van der Waals surface area contributed by atoms with Crippen LogP contribution in [-0.4, -0.2) is 44.3 Å². The number of imidazole rings is 1. The summed E-state index contributed by atoms with van der Waals surface area (Å²) < 4.78 is 1.92. The van der Waals surface area contributed by atoms with E-state index in [2.05, 4.69) is 15.3 Å². The molecule has 0 aromatic carbocycles. The molecule has 1 aliphatic heterocycles. The Morgan fingerprint density at radius 3 is 3.15 bits per heavy atom. The number of carbonyl (C=O) groups is 1. The second kappa shape index (κ2) is 7.55. The minimum atomic E-state index is 0.0472. The van der Waals surface area contributed by atoms with Gasteiger partial charge in [-0.3, -0.25) is 14.2 Å². The fourth-order valence-electron chi connectivity index (χ4n) is 3.63. The van der Waals surface area contributed by atoms with Crippen molar-refractivity contribution in [3.63, 3.8) is 0 Å². The van der Waals surface area contributed by atoms with Crippen LogP contribution in [0, 0.1) is 6.92 Å². The predicted molar refractivity (Wildman–Crippen MR) is 102 cm³/mol. The molecule has 0 bridgehead atoms. The van der Waals surface area contributed by atoms with Crippen molar-refractivity contribution in [2.45, 2.75) is 38.8 Å². The molecule has 0 saturated carbocycles. The third-order valence-corrected chi connectivity index (χ3v) is 5.70. The van der Waals surface area contributed by atoms with Crippen molar-refractivity contribution in [2.75, 3.05) is 13.1 Å². The minimum Gasteiger partial charge on any atom is -0.328 e. The van der Waals surface area contributed by atoms with Gasteiger partial charge in [0, 0.05) is 23.8 Å². The van der Waals surface area contributed by atoms with Crippen LogP contribution in [0.4, 0.5) is 0 Å². The normalized spacial score (nSPS) is 18.0. The maximum atomic E-state index is 13.6. The molecule has 26 heavy (non-hydrogen) atoms. The molecule has 3 aromatic rings. The van der Waals surface area contributed by atoms with Crippen LogP contribution in [-0.2, 0) is 6.54 Å². The van der Waals surface area contributed by atoms with Gasteiger partial charge in [-0.05, 0) is 51.4 Å². The number of nitrogens with one attached hydrogen (secondary N) is 1. The zero-order valence-corrected chi connectivity index (χ0v) is 15.7. The Bertz CT molecular complexity index is 880. The second-order valence-electron chi connectivity index (χ2n) is 6.69.